The summed E-state index contributed by atoms with van der Waals surface area (Å²) in [4.78, 5) is 2.13. The topological polar surface area (TPSA) is 3.24 Å². The largest absolute Gasteiger partial charge is 0.303 e. The normalized spacial score (nSPS) is 47.1. The summed E-state index contributed by atoms with van der Waals surface area (Å²) in [7, 11) is 2.03. The van der Waals surface area contributed by atoms with Gasteiger partial charge in [-0.1, -0.05) is 20.3 Å². The maximum atomic E-state index is 14.2. The summed E-state index contributed by atoms with van der Waals surface area (Å²) >= 11 is 0. The zero-order chi connectivity index (χ0) is 9.69. The highest BCUT2D eigenvalue weighted by atomic mass is 19.1. The molecule has 1 saturated carbocycles. The quantitative estimate of drug-likeness (QED) is 0.639. The van der Waals surface area contributed by atoms with Crippen LogP contribution in [0.15, 0.2) is 0 Å². The Balaban J connectivity index is 2.12. The molecular weight excluding hydrogens is 165 g/mol. The first kappa shape index (κ1) is 9.45. The van der Waals surface area contributed by atoms with Gasteiger partial charge in [0.2, 0.25) is 0 Å². The fourth-order valence-electron chi connectivity index (χ4n) is 3.13. The first-order valence-electron chi connectivity index (χ1n) is 5.41. The van der Waals surface area contributed by atoms with Gasteiger partial charge >= 0.3 is 0 Å². The van der Waals surface area contributed by atoms with Gasteiger partial charge in [-0.25, -0.2) is 4.39 Å². The van der Waals surface area contributed by atoms with Gasteiger partial charge in [-0.2, -0.15) is 0 Å². The van der Waals surface area contributed by atoms with E-state index in [-0.39, 0.29) is 5.41 Å². The Bertz CT molecular complexity index is 218. The van der Waals surface area contributed by atoms with Crippen LogP contribution in [0, 0.1) is 11.3 Å². The molecule has 76 valence electrons. The predicted octanol–water partition coefficient (Wildman–Crippen LogP) is 2.47. The van der Waals surface area contributed by atoms with Crippen LogP contribution in [0.4, 0.5) is 4.39 Å². The standard InChI is InChI=1S/C11H20FN/c1-4-9(2)10-5-6-13(3)8-11(10,12)7-10/h9H,4-8H2,1-3H3. The Morgan fingerprint density at radius 1 is 1.54 bits per heavy atom. The number of likely N-dealkylation sites (tertiary alicyclic amines) is 1. The summed E-state index contributed by atoms with van der Waals surface area (Å²) < 4.78 is 14.2. The van der Waals surface area contributed by atoms with E-state index in [4.69, 9.17) is 0 Å². The Labute approximate surface area is 80.3 Å². The summed E-state index contributed by atoms with van der Waals surface area (Å²) in [5.74, 6) is 0.561. The second kappa shape index (κ2) is 2.69. The number of rotatable bonds is 2. The minimum absolute atomic E-state index is 0.0637. The van der Waals surface area contributed by atoms with Crippen molar-refractivity contribution in [1.82, 2.24) is 4.90 Å². The average molecular weight is 185 g/mol. The minimum atomic E-state index is -0.838. The van der Waals surface area contributed by atoms with Crippen LogP contribution < -0.4 is 0 Å². The smallest absolute Gasteiger partial charge is 0.130 e. The van der Waals surface area contributed by atoms with Gasteiger partial charge in [-0.3, -0.25) is 0 Å². The van der Waals surface area contributed by atoms with E-state index in [1.807, 2.05) is 7.05 Å². The van der Waals surface area contributed by atoms with Crippen molar-refractivity contribution in [2.75, 3.05) is 20.1 Å². The maximum Gasteiger partial charge on any atom is 0.130 e. The molecule has 1 saturated heterocycles. The van der Waals surface area contributed by atoms with E-state index in [1.165, 1.54) is 0 Å². The van der Waals surface area contributed by atoms with Crippen LogP contribution in [0.5, 0.6) is 0 Å². The molecule has 0 N–H and O–H groups in total. The fraction of sp³-hybridized carbons (Fsp3) is 1.00. The van der Waals surface area contributed by atoms with Gasteiger partial charge in [0.15, 0.2) is 0 Å². The molecule has 3 atom stereocenters. The van der Waals surface area contributed by atoms with Gasteiger partial charge in [-0.15, -0.1) is 0 Å². The molecule has 2 fully saturated rings. The van der Waals surface area contributed by atoms with Gasteiger partial charge in [0.25, 0.3) is 0 Å². The molecule has 2 aliphatic rings. The molecule has 1 aliphatic heterocycles. The number of hydrogen-bond donors (Lipinski definition) is 0. The van der Waals surface area contributed by atoms with Crippen molar-refractivity contribution in [3.63, 3.8) is 0 Å². The summed E-state index contributed by atoms with van der Waals surface area (Å²) in [5, 5.41) is 0. The van der Waals surface area contributed by atoms with Crippen molar-refractivity contribution in [3.05, 3.63) is 0 Å². The molecule has 0 amide bonds. The Morgan fingerprint density at radius 3 is 2.77 bits per heavy atom. The van der Waals surface area contributed by atoms with E-state index in [9.17, 15) is 4.39 Å². The molecule has 0 aromatic rings. The highest BCUT2D eigenvalue weighted by Gasteiger charge is 2.71. The zero-order valence-electron chi connectivity index (χ0n) is 8.94. The van der Waals surface area contributed by atoms with Gasteiger partial charge in [0.05, 0.1) is 0 Å². The molecule has 0 aromatic heterocycles. The Kier molecular flexibility index (Phi) is 1.96. The first-order chi connectivity index (χ1) is 6.04. The Morgan fingerprint density at radius 2 is 2.23 bits per heavy atom. The van der Waals surface area contributed by atoms with Gasteiger partial charge in [0.1, 0.15) is 5.67 Å². The molecule has 0 radical (unpaired) electrons. The summed E-state index contributed by atoms with van der Waals surface area (Å²) in [6, 6.07) is 0. The van der Waals surface area contributed by atoms with Gasteiger partial charge in [0, 0.05) is 12.0 Å². The minimum Gasteiger partial charge on any atom is -0.303 e. The third-order valence-electron chi connectivity index (χ3n) is 4.38. The number of piperidine rings is 1. The molecule has 0 aromatic carbocycles. The van der Waals surface area contributed by atoms with Crippen LogP contribution >= 0.6 is 0 Å². The van der Waals surface area contributed by atoms with E-state index in [0.29, 0.717) is 12.5 Å². The third kappa shape index (κ3) is 1.14. The first-order valence-corrected chi connectivity index (χ1v) is 5.41. The highest BCUT2D eigenvalue weighted by Crippen LogP contribution is 2.68. The SMILES string of the molecule is CCC(C)C12CCN(C)CC1(F)C2. The van der Waals surface area contributed by atoms with Crippen molar-refractivity contribution < 1.29 is 4.39 Å². The van der Waals surface area contributed by atoms with E-state index in [2.05, 4.69) is 18.7 Å². The number of nitrogens with zero attached hydrogens (tertiary/aromatic N) is 1. The van der Waals surface area contributed by atoms with Crippen LogP contribution in [0.3, 0.4) is 0 Å². The lowest BCUT2D eigenvalue weighted by Gasteiger charge is -2.34. The molecule has 0 bridgehead atoms. The molecular formula is C11H20FN. The van der Waals surface area contributed by atoms with Crippen molar-refractivity contribution >= 4 is 0 Å². The lowest BCUT2D eigenvalue weighted by molar-refractivity contribution is 0.0697. The second-order valence-electron chi connectivity index (χ2n) is 5.10. The third-order valence-corrected chi connectivity index (χ3v) is 4.38. The van der Waals surface area contributed by atoms with Crippen LogP contribution in [0.1, 0.15) is 33.1 Å². The zero-order valence-corrected chi connectivity index (χ0v) is 8.94. The molecule has 2 heteroatoms. The predicted molar refractivity (Wildman–Crippen MR) is 52.5 cm³/mol. The van der Waals surface area contributed by atoms with Crippen LogP contribution in [0.2, 0.25) is 0 Å². The molecule has 13 heavy (non-hydrogen) atoms. The van der Waals surface area contributed by atoms with Crippen LogP contribution in [-0.2, 0) is 0 Å². The number of fused-ring (bicyclic) bond motifs is 1. The van der Waals surface area contributed by atoms with E-state index in [1.54, 1.807) is 0 Å². The monoisotopic (exact) mass is 185 g/mol. The fourth-order valence-corrected chi connectivity index (χ4v) is 3.13. The van der Waals surface area contributed by atoms with Crippen LogP contribution in [0.25, 0.3) is 0 Å². The maximum absolute atomic E-state index is 14.2. The van der Waals surface area contributed by atoms with E-state index < -0.39 is 5.67 Å². The number of hydrogen-bond acceptors (Lipinski definition) is 1. The van der Waals surface area contributed by atoms with Gasteiger partial charge in [-0.05, 0) is 32.4 Å². The molecule has 2 rings (SSSR count). The van der Waals surface area contributed by atoms with Crippen molar-refractivity contribution in [3.8, 4) is 0 Å². The van der Waals surface area contributed by atoms with Crippen molar-refractivity contribution in [2.24, 2.45) is 11.3 Å². The molecule has 1 heterocycles. The van der Waals surface area contributed by atoms with E-state index in [0.717, 1.165) is 25.8 Å². The molecule has 0 spiro atoms. The van der Waals surface area contributed by atoms with E-state index >= 15 is 0 Å². The lowest BCUT2D eigenvalue weighted by Crippen LogP contribution is -2.41. The average Bonchev–Trinajstić information content (AvgIpc) is 2.70. The highest BCUT2D eigenvalue weighted by molar-refractivity contribution is 5.21. The number of halogens is 1. The van der Waals surface area contributed by atoms with Crippen molar-refractivity contribution in [2.45, 2.75) is 38.8 Å². The van der Waals surface area contributed by atoms with Crippen LogP contribution in [-0.4, -0.2) is 30.7 Å². The summed E-state index contributed by atoms with van der Waals surface area (Å²) in [5.41, 5.74) is -0.774. The molecule has 1 nitrogen and oxygen atoms in total. The second-order valence-corrected chi connectivity index (χ2v) is 5.10. The summed E-state index contributed by atoms with van der Waals surface area (Å²) in [6.45, 7) is 6.14. The van der Waals surface area contributed by atoms with Crippen molar-refractivity contribution in [1.29, 1.82) is 0 Å². The number of alkyl halides is 1. The molecule has 3 unspecified atom stereocenters. The molecule has 1 aliphatic carbocycles. The summed E-state index contributed by atoms with van der Waals surface area (Å²) in [6.07, 6.45) is 3.00. The Hall–Kier alpha value is -0.110. The van der Waals surface area contributed by atoms with Gasteiger partial charge < -0.3 is 4.90 Å². The lowest BCUT2D eigenvalue weighted by atomic mass is 9.81.